The molecular formula is C20H27N3O5S. The van der Waals surface area contributed by atoms with Crippen molar-refractivity contribution >= 4 is 39.1 Å². The standard InChI is InChI=1S/C20H27N3O5S/c1-14-5-7-16(8-6-14)22-29(27,28)13-18(24)21-15-9-11-17(12-10-15)23-19(25)3-2-4-20(23)26/h9-12,14,16,22H,2-8,13H2,1H3,(H,21,24). The van der Waals surface area contributed by atoms with Gasteiger partial charge in [-0.05, 0) is 62.3 Å². The third kappa shape index (κ3) is 5.86. The number of nitrogens with zero attached hydrogens (tertiary/aromatic N) is 1. The Morgan fingerprint density at radius 3 is 2.21 bits per heavy atom. The second-order valence-electron chi connectivity index (χ2n) is 7.91. The van der Waals surface area contributed by atoms with Gasteiger partial charge >= 0.3 is 0 Å². The number of amides is 3. The molecule has 0 unspecified atom stereocenters. The zero-order valence-corrected chi connectivity index (χ0v) is 17.3. The molecule has 0 aromatic heterocycles. The molecule has 29 heavy (non-hydrogen) atoms. The molecule has 1 saturated carbocycles. The minimum Gasteiger partial charge on any atom is -0.325 e. The van der Waals surface area contributed by atoms with Crippen LogP contribution in [-0.2, 0) is 24.4 Å². The zero-order valence-electron chi connectivity index (χ0n) is 16.5. The Kier molecular flexibility index (Phi) is 6.69. The molecule has 1 aliphatic heterocycles. The summed E-state index contributed by atoms with van der Waals surface area (Å²) in [5, 5.41) is 2.55. The highest BCUT2D eigenvalue weighted by Gasteiger charge is 2.27. The molecule has 2 fully saturated rings. The van der Waals surface area contributed by atoms with E-state index in [1.165, 1.54) is 0 Å². The van der Waals surface area contributed by atoms with E-state index in [0.29, 0.717) is 36.6 Å². The molecule has 3 rings (SSSR count). The van der Waals surface area contributed by atoms with Crippen molar-refractivity contribution in [3.05, 3.63) is 24.3 Å². The number of hydrogen-bond acceptors (Lipinski definition) is 5. The second-order valence-corrected chi connectivity index (χ2v) is 9.66. The van der Waals surface area contributed by atoms with Crippen molar-refractivity contribution in [2.45, 2.75) is 57.9 Å². The van der Waals surface area contributed by atoms with Gasteiger partial charge in [-0.1, -0.05) is 6.92 Å². The van der Waals surface area contributed by atoms with E-state index in [9.17, 15) is 22.8 Å². The number of carbonyl (C=O) groups is 3. The lowest BCUT2D eigenvalue weighted by Gasteiger charge is -2.26. The maximum atomic E-state index is 12.3. The Balaban J connectivity index is 1.55. The van der Waals surface area contributed by atoms with E-state index in [0.717, 1.165) is 30.6 Å². The number of sulfonamides is 1. The summed E-state index contributed by atoms with van der Waals surface area (Å²) < 4.78 is 27.1. The first-order valence-corrected chi connectivity index (χ1v) is 11.6. The summed E-state index contributed by atoms with van der Waals surface area (Å²) in [6.07, 6.45) is 4.75. The molecule has 0 spiro atoms. The maximum Gasteiger partial charge on any atom is 0.240 e. The van der Waals surface area contributed by atoms with Crippen LogP contribution in [0.2, 0.25) is 0 Å². The quantitative estimate of drug-likeness (QED) is 0.684. The molecule has 1 saturated heterocycles. The third-order valence-electron chi connectivity index (χ3n) is 5.37. The average Bonchev–Trinajstić information content (AvgIpc) is 2.64. The predicted molar refractivity (Wildman–Crippen MR) is 110 cm³/mol. The normalized spacial score (nSPS) is 23.1. The van der Waals surface area contributed by atoms with E-state index in [4.69, 9.17) is 0 Å². The van der Waals surface area contributed by atoms with E-state index in [1.54, 1.807) is 24.3 Å². The van der Waals surface area contributed by atoms with Crippen molar-refractivity contribution in [1.29, 1.82) is 0 Å². The summed E-state index contributed by atoms with van der Waals surface area (Å²) in [5.41, 5.74) is 0.843. The minimum atomic E-state index is -3.72. The van der Waals surface area contributed by atoms with Crippen LogP contribution < -0.4 is 14.9 Å². The monoisotopic (exact) mass is 421 g/mol. The molecule has 2 N–H and O–H groups in total. The number of rotatable bonds is 6. The van der Waals surface area contributed by atoms with Gasteiger partial charge in [-0.15, -0.1) is 0 Å². The van der Waals surface area contributed by atoms with Crippen LogP contribution in [0, 0.1) is 5.92 Å². The summed E-state index contributed by atoms with van der Waals surface area (Å²) in [6, 6.07) is 6.11. The molecule has 9 heteroatoms. The molecular weight excluding hydrogens is 394 g/mol. The lowest BCUT2D eigenvalue weighted by atomic mass is 9.88. The van der Waals surface area contributed by atoms with Gasteiger partial charge in [-0.3, -0.25) is 19.3 Å². The van der Waals surface area contributed by atoms with Crippen LogP contribution in [0.25, 0.3) is 0 Å². The zero-order chi connectivity index (χ0) is 21.0. The van der Waals surface area contributed by atoms with Crippen LogP contribution in [-0.4, -0.2) is 37.9 Å². The summed E-state index contributed by atoms with van der Waals surface area (Å²) in [4.78, 5) is 37.2. The Morgan fingerprint density at radius 1 is 1.03 bits per heavy atom. The van der Waals surface area contributed by atoms with Crippen molar-refractivity contribution in [2.75, 3.05) is 16.0 Å². The first-order chi connectivity index (χ1) is 13.7. The number of hydrogen-bond donors (Lipinski definition) is 2. The summed E-state index contributed by atoms with van der Waals surface area (Å²) >= 11 is 0. The van der Waals surface area contributed by atoms with Gasteiger partial charge in [-0.2, -0.15) is 0 Å². The van der Waals surface area contributed by atoms with Crippen LogP contribution in [0.4, 0.5) is 11.4 Å². The Labute approximate surface area is 171 Å². The second kappa shape index (κ2) is 9.04. The van der Waals surface area contributed by atoms with Gasteiger partial charge in [0.25, 0.3) is 0 Å². The van der Waals surface area contributed by atoms with Crippen molar-refractivity contribution in [1.82, 2.24) is 4.72 Å². The van der Waals surface area contributed by atoms with Crippen LogP contribution in [0.1, 0.15) is 51.9 Å². The fourth-order valence-electron chi connectivity index (χ4n) is 3.78. The molecule has 1 aromatic carbocycles. The fraction of sp³-hybridized carbons (Fsp3) is 0.550. The van der Waals surface area contributed by atoms with Gasteiger partial charge < -0.3 is 5.32 Å². The number of piperidine rings is 1. The molecule has 0 radical (unpaired) electrons. The van der Waals surface area contributed by atoms with E-state index >= 15 is 0 Å². The van der Waals surface area contributed by atoms with Crippen molar-refractivity contribution in [2.24, 2.45) is 5.92 Å². The predicted octanol–water partition coefficient (Wildman–Crippen LogP) is 2.17. The minimum absolute atomic E-state index is 0.108. The summed E-state index contributed by atoms with van der Waals surface area (Å²) in [6.45, 7) is 2.15. The largest absolute Gasteiger partial charge is 0.325 e. The van der Waals surface area contributed by atoms with Crippen molar-refractivity contribution < 1.29 is 22.8 Å². The Morgan fingerprint density at radius 2 is 1.62 bits per heavy atom. The Hall–Kier alpha value is -2.26. The number of carbonyl (C=O) groups excluding carboxylic acids is 3. The highest BCUT2D eigenvalue weighted by Crippen LogP contribution is 2.25. The lowest BCUT2D eigenvalue weighted by molar-refractivity contribution is -0.129. The van der Waals surface area contributed by atoms with Crippen LogP contribution >= 0.6 is 0 Å². The van der Waals surface area contributed by atoms with Gasteiger partial charge in [-0.25, -0.2) is 13.1 Å². The third-order valence-corrected chi connectivity index (χ3v) is 6.71. The van der Waals surface area contributed by atoms with Crippen LogP contribution in [0.5, 0.6) is 0 Å². The number of imide groups is 1. The van der Waals surface area contributed by atoms with Gasteiger partial charge in [0, 0.05) is 24.6 Å². The summed E-state index contributed by atoms with van der Waals surface area (Å²) in [7, 11) is -3.72. The molecule has 1 aliphatic carbocycles. The highest BCUT2D eigenvalue weighted by atomic mass is 32.2. The molecule has 2 aliphatic rings. The highest BCUT2D eigenvalue weighted by molar-refractivity contribution is 7.90. The molecule has 0 bridgehead atoms. The molecule has 158 valence electrons. The van der Waals surface area contributed by atoms with Gasteiger partial charge in [0.2, 0.25) is 27.7 Å². The van der Waals surface area contributed by atoms with Crippen molar-refractivity contribution in [3.8, 4) is 0 Å². The van der Waals surface area contributed by atoms with Gasteiger partial charge in [0.15, 0.2) is 0 Å². The van der Waals surface area contributed by atoms with Gasteiger partial charge in [0.1, 0.15) is 5.75 Å². The number of benzene rings is 1. The molecule has 3 amide bonds. The van der Waals surface area contributed by atoms with Gasteiger partial charge in [0.05, 0.1) is 5.69 Å². The van der Waals surface area contributed by atoms with Crippen LogP contribution in [0.15, 0.2) is 24.3 Å². The fourth-order valence-corrected chi connectivity index (χ4v) is 5.02. The molecule has 1 aromatic rings. The van der Waals surface area contributed by atoms with Crippen molar-refractivity contribution in [3.63, 3.8) is 0 Å². The smallest absolute Gasteiger partial charge is 0.240 e. The molecule has 0 atom stereocenters. The SMILES string of the molecule is CC1CCC(NS(=O)(=O)CC(=O)Nc2ccc(N3C(=O)CCCC3=O)cc2)CC1. The van der Waals surface area contributed by atoms with E-state index < -0.39 is 21.7 Å². The number of nitrogens with one attached hydrogen (secondary N) is 2. The van der Waals surface area contributed by atoms with E-state index in [2.05, 4.69) is 17.0 Å². The molecule has 8 nitrogen and oxygen atoms in total. The van der Waals surface area contributed by atoms with E-state index in [-0.39, 0.29) is 17.9 Å². The maximum absolute atomic E-state index is 12.3. The Bertz CT molecular complexity index is 858. The lowest BCUT2D eigenvalue weighted by Crippen LogP contribution is -2.41. The average molecular weight is 422 g/mol. The van der Waals surface area contributed by atoms with E-state index in [1.807, 2.05) is 0 Å². The molecule has 1 heterocycles. The summed E-state index contributed by atoms with van der Waals surface area (Å²) in [5.74, 6) is -1.17. The first-order valence-electron chi connectivity index (χ1n) is 9.99. The topological polar surface area (TPSA) is 113 Å². The number of anilines is 2. The van der Waals surface area contributed by atoms with Crippen LogP contribution in [0.3, 0.4) is 0 Å². The first kappa shape index (κ1) is 21.4.